The molecule has 0 bridgehead atoms. The van der Waals surface area contributed by atoms with Crippen molar-refractivity contribution in [3.63, 3.8) is 0 Å². The standard InChI is InChI=1S/C24H31N3O5S/c1-3-23(28)26-19-9-11-20(12-10-19)33(30,31)27-15-13-18-7-4-5-8-21(18)22(27)17-24(29)25-14-6-16-32-2/h4-5,7-12,22H,3,6,13-17H2,1-2H3,(H,25,29)(H,26,28)/t22-/m0/s1. The Morgan fingerprint density at radius 2 is 1.82 bits per heavy atom. The van der Waals surface area contributed by atoms with E-state index in [4.69, 9.17) is 4.74 Å². The molecular formula is C24H31N3O5S. The molecule has 1 atom stereocenters. The number of anilines is 1. The van der Waals surface area contributed by atoms with Crippen molar-refractivity contribution in [1.82, 2.24) is 9.62 Å². The van der Waals surface area contributed by atoms with Crippen molar-refractivity contribution in [2.45, 2.75) is 43.5 Å². The van der Waals surface area contributed by atoms with Gasteiger partial charge in [0.1, 0.15) is 0 Å². The van der Waals surface area contributed by atoms with Crippen LogP contribution in [0.4, 0.5) is 5.69 Å². The Kier molecular flexibility index (Phi) is 8.60. The van der Waals surface area contributed by atoms with Crippen molar-refractivity contribution in [2.75, 3.05) is 32.1 Å². The molecule has 3 rings (SSSR count). The van der Waals surface area contributed by atoms with Crippen molar-refractivity contribution in [3.05, 3.63) is 59.7 Å². The molecule has 0 aromatic heterocycles. The molecule has 2 N–H and O–H groups in total. The van der Waals surface area contributed by atoms with Gasteiger partial charge in [0, 0.05) is 45.3 Å². The van der Waals surface area contributed by atoms with E-state index in [0.29, 0.717) is 38.1 Å². The van der Waals surface area contributed by atoms with Gasteiger partial charge in [0.05, 0.1) is 10.9 Å². The van der Waals surface area contributed by atoms with E-state index in [9.17, 15) is 18.0 Å². The molecule has 0 saturated heterocycles. The van der Waals surface area contributed by atoms with Gasteiger partial charge in [0.25, 0.3) is 0 Å². The normalized spacial score (nSPS) is 16.1. The molecule has 1 aliphatic rings. The van der Waals surface area contributed by atoms with E-state index in [2.05, 4.69) is 10.6 Å². The Morgan fingerprint density at radius 1 is 1.09 bits per heavy atom. The summed E-state index contributed by atoms with van der Waals surface area (Å²) in [5.41, 5.74) is 2.45. The van der Waals surface area contributed by atoms with Crippen LogP contribution in [0.5, 0.6) is 0 Å². The monoisotopic (exact) mass is 473 g/mol. The predicted octanol–water partition coefficient (Wildman–Crippen LogP) is 2.87. The summed E-state index contributed by atoms with van der Waals surface area (Å²) in [5, 5.41) is 5.57. The number of nitrogens with one attached hydrogen (secondary N) is 2. The number of hydrogen-bond acceptors (Lipinski definition) is 5. The molecule has 8 nitrogen and oxygen atoms in total. The summed E-state index contributed by atoms with van der Waals surface area (Å²) in [6.45, 7) is 3.05. The van der Waals surface area contributed by atoms with Gasteiger partial charge in [-0.3, -0.25) is 9.59 Å². The number of rotatable bonds is 10. The fraction of sp³-hybridized carbons (Fsp3) is 0.417. The van der Waals surface area contributed by atoms with E-state index in [1.165, 1.54) is 16.4 Å². The number of carbonyl (C=O) groups excluding carboxylic acids is 2. The van der Waals surface area contributed by atoms with E-state index < -0.39 is 16.1 Å². The number of ether oxygens (including phenoxy) is 1. The Hall–Kier alpha value is -2.75. The average Bonchev–Trinajstić information content (AvgIpc) is 2.82. The third-order valence-electron chi connectivity index (χ3n) is 5.66. The van der Waals surface area contributed by atoms with Crippen LogP contribution in [0.1, 0.15) is 43.4 Å². The number of fused-ring (bicyclic) bond motifs is 1. The molecule has 0 fully saturated rings. The molecule has 0 saturated carbocycles. The van der Waals surface area contributed by atoms with Crippen molar-refractivity contribution in [2.24, 2.45) is 0 Å². The summed E-state index contributed by atoms with van der Waals surface area (Å²) in [6, 6.07) is 13.2. The highest BCUT2D eigenvalue weighted by Crippen LogP contribution is 2.36. The molecule has 2 aromatic carbocycles. The summed E-state index contributed by atoms with van der Waals surface area (Å²) in [7, 11) is -2.25. The fourth-order valence-electron chi connectivity index (χ4n) is 3.92. The van der Waals surface area contributed by atoms with Gasteiger partial charge < -0.3 is 15.4 Å². The Morgan fingerprint density at radius 3 is 2.52 bits per heavy atom. The van der Waals surface area contributed by atoms with Gasteiger partial charge in [-0.05, 0) is 48.2 Å². The Bertz CT molecular complexity index is 1070. The largest absolute Gasteiger partial charge is 0.385 e. The third-order valence-corrected chi connectivity index (χ3v) is 7.58. The molecule has 9 heteroatoms. The molecule has 1 aliphatic heterocycles. The molecule has 0 aliphatic carbocycles. The van der Waals surface area contributed by atoms with Gasteiger partial charge in [-0.15, -0.1) is 0 Å². The van der Waals surface area contributed by atoms with E-state index in [0.717, 1.165) is 11.1 Å². The molecule has 2 amide bonds. The number of methoxy groups -OCH3 is 1. The number of nitrogens with zero attached hydrogens (tertiary/aromatic N) is 1. The lowest BCUT2D eigenvalue weighted by Crippen LogP contribution is -2.42. The minimum Gasteiger partial charge on any atom is -0.385 e. The number of sulfonamides is 1. The maximum absolute atomic E-state index is 13.6. The highest BCUT2D eigenvalue weighted by Gasteiger charge is 2.37. The van der Waals surface area contributed by atoms with Gasteiger partial charge in [0.15, 0.2) is 0 Å². The first kappa shape index (κ1) is 24.9. The van der Waals surface area contributed by atoms with Crippen LogP contribution in [0, 0.1) is 0 Å². The topological polar surface area (TPSA) is 105 Å². The zero-order chi connectivity index (χ0) is 23.8. The number of carbonyl (C=O) groups is 2. The van der Waals surface area contributed by atoms with Crippen LogP contribution in [0.15, 0.2) is 53.4 Å². The van der Waals surface area contributed by atoms with Crippen LogP contribution in [0.25, 0.3) is 0 Å². The maximum atomic E-state index is 13.6. The van der Waals surface area contributed by atoms with Gasteiger partial charge in [-0.25, -0.2) is 8.42 Å². The second-order valence-corrected chi connectivity index (χ2v) is 9.80. The molecule has 0 unspecified atom stereocenters. The van der Waals surface area contributed by atoms with Gasteiger partial charge >= 0.3 is 0 Å². The average molecular weight is 474 g/mol. The zero-order valence-corrected chi connectivity index (χ0v) is 19.9. The molecular weight excluding hydrogens is 442 g/mol. The van der Waals surface area contributed by atoms with Crippen LogP contribution >= 0.6 is 0 Å². The summed E-state index contributed by atoms with van der Waals surface area (Å²) in [5.74, 6) is -0.347. The van der Waals surface area contributed by atoms with Crippen LogP contribution in [-0.4, -0.2) is 51.3 Å². The Balaban J connectivity index is 1.84. The van der Waals surface area contributed by atoms with Gasteiger partial charge in [-0.2, -0.15) is 4.31 Å². The molecule has 33 heavy (non-hydrogen) atoms. The molecule has 0 radical (unpaired) electrons. The molecule has 0 spiro atoms. The predicted molar refractivity (Wildman–Crippen MR) is 126 cm³/mol. The third kappa shape index (κ3) is 6.19. The van der Waals surface area contributed by atoms with E-state index in [1.807, 2.05) is 24.3 Å². The quantitative estimate of drug-likeness (QED) is 0.517. The lowest BCUT2D eigenvalue weighted by Gasteiger charge is -2.36. The highest BCUT2D eigenvalue weighted by molar-refractivity contribution is 7.89. The van der Waals surface area contributed by atoms with Gasteiger partial charge in [-0.1, -0.05) is 31.2 Å². The first-order valence-corrected chi connectivity index (χ1v) is 12.6. The second-order valence-electron chi connectivity index (χ2n) is 7.91. The number of benzene rings is 2. The fourth-order valence-corrected chi connectivity index (χ4v) is 5.52. The first-order valence-electron chi connectivity index (χ1n) is 11.1. The molecule has 1 heterocycles. The lowest BCUT2D eigenvalue weighted by atomic mass is 9.92. The van der Waals surface area contributed by atoms with Crippen molar-refractivity contribution >= 4 is 27.5 Å². The van der Waals surface area contributed by atoms with Gasteiger partial charge in [0.2, 0.25) is 21.8 Å². The minimum atomic E-state index is -3.86. The smallest absolute Gasteiger partial charge is 0.243 e. The summed E-state index contributed by atoms with van der Waals surface area (Å²) in [4.78, 5) is 24.4. The number of amides is 2. The lowest BCUT2D eigenvalue weighted by molar-refractivity contribution is -0.122. The summed E-state index contributed by atoms with van der Waals surface area (Å²) in [6.07, 6.45) is 1.63. The molecule has 178 valence electrons. The van der Waals surface area contributed by atoms with Crippen molar-refractivity contribution < 1.29 is 22.7 Å². The number of hydrogen-bond donors (Lipinski definition) is 2. The van der Waals surface area contributed by atoms with Crippen molar-refractivity contribution in [3.8, 4) is 0 Å². The minimum absolute atomic E-state index is 0.0356. The Labute approximate surface area is 195 Å². The van der Waals surface area contributed by atoms with Crippen LogP contribution < -0.4 is 10.6 Å². The van der Waals surface area contributed by atoms with Crippen LogP contribution in [-0.2, 0) is 30.8 Å². The summed E-state index contributed by atoms with van der Waals surface area (Å²) >= 11 is 0. The van der Waals surface area contributed by atoms with E-state index in [-0.39, 0.29) is 29.7 Å². The van der Waals surface area contributed by atoms with Crippen LogP contribution in [0.2, 0.25) is 0 Å². The second kappa shape index (κ2) is 11.4. The first-order chi connectivity index (χ1) is 15.9. The SMILES string of the molecule is CCC(=O)Nc1ccc(S(=O)(=O)N2CCc3ccccc3[C@@H]2CC(=O)NCCCOC)cc1. The van der Waals surface area contributed by atoms with E-state index >= 15 is 0 Å². The van der Waals surface area contributed by atoms with E-state index in [1.54, 1.807) is 26.2 Å². The zero-order valence-electron chi connectivity index (χ0n) is 19.0. The van der Waals surface area contributed by atoms with Crippen LogP contribution in [0.3, 0.4) is 0 Å². The van der Waals surface area contributed by atoms with Crippen molar-refractivity contribution in [1.29, 1.82) is 0 Å². The molecule has 2 aromatic rings. The highest BCUT2D eigenvalue weighted by atomic mass is 32.2. The summed E-state index contributed by atoms with van der Waals surface area (Å²) < 4.78 is 33.6. The maximum Gasteiger partial charge on any atom is 0.243 e.